The van der Waals surface area contributed by atoms with Crippen LogP contribution in [-0.4, -0.2) is 21.6 Å². The van der Waals surface area contributed by atoms with Gasteiger partial charge in [-0.2, -0.15) is 5.26 Å². The molecule has 22 heavy (non-hydrogen) atoms. The van der Waals surface area contributed by atoms with Gasteiger partial charge in [-0.3, -0.25) is 4.79 Å². The van der Waals surface area contributed by atoms with Crippen LogP contribution in [0, 0.1) is 25.2 Å². The minimum absolute atomic E-state index is 0.148. The van der Waals surface area contributed by atoms with Crippen LogP contribution in [0.4, 0.5) is 5.69 Å². The van der Waals surface area contributed by atoms with Gasteiger partial charge in [-0.15, -0.1) is 0 Å². The Morgan fingerprint density at radius 2 is 2.00 bits per heavy atom. The Labute approximate surface area is 141 Å². The highest BCUT2D eigenvalue weighted by atomic mass is 79.9. The van der Waals surface area contributed by atoms with Gasteiger partial charge in [0.1, 0.15) is 22.5 Å². The third-order valence-corrected chi connectivity index (χ3v) is 4.25. The highest BCUT2D eigenvalue weighted by molar-refractivity contribution is 9.10. The van der Waals surface area contributed by atoms with Gasteiger partial charge in [0.2, 0.25) is 5.91 Å². The van der Waals surface area contributed by atoms with Crippen LogP contribution in [0.1, 0.15) is 17.1 Å². The summed E-state index contributed by atoms with van der Waals surface area (Å²) in [5.74, 6) is 0.623. The highest BCUT2D eigenvalue weighted by Crippen LogP contribution is 2.22. The van der Waals surface area contributed by atoms with E-state index < -0.39 is 0 Å². The predicted octanol–water partition coefficient (Wildman–Crippen LogP) is 3.46. The van der Waals surface area contributed by atoms with Gasteiger partial charge in [0.25, 0.3) is 0 Å². The van der Waals surface area contributed by atoms with E-state index in [1.807, 2.05) is 24.3 Å². The molecule has 5 nitrogen and oxygen atoms in total. The number of benzene rings is 1. The Morgan fingerprint density at radius 3 is 2.64 bits per heavy atom. The molecule has 2 aromatic rings. The molecule has 1 N–H and O–H groups in total. The van der Waals surface area contributed by atoms with Gasteiger partial charge >= 0.3 is 0 Å². The molecule has 0 radical (unpaired) electrons. The fourth-order valence-electron chi connectivity index (χ4n) is 1.78. The van der Waals surface area contributed by atoms with E-state index in [9.17, 15) is 4.79 Å². The third-order valence-electron chi connectivity index (χ3n) is 2.75. The number of halogens is 1. The molecule has 0 saturated carbocycles. The molecule has 0 atom stereocenters. The molecule has 7 heteroatoms. The molecular formula is C15H13BrN4OS. The monoisotopic (exact) mass is 376 g/mol. The summed E-state index contributed by atoms with van der Waals surface area (Å²) < 4.78 is 0.950. The summed E-state index contributed by atoms with van der Waals surface area (Å²) in [6.45, 7) is 3.53. The number of nitriles is 1. The van der Waals surface area contributed by atoms with Crippen LogP contribution in [0.2, 0.25) is 0 Å². The lowest BCUT2D eigenvalue weighted by Crippen LogP contribution is -2.14. The number of aromatic nitrogens is 2. The minimum Gasteiger partial charge on any atom is -0.325 e. The minimum atomic E-state index is -0.148. The molecule has 1 aromatic carbocycles. The molecule has 0 spiro atoms. The van der Waals surface area contributed by atoms with Gasteiger partial charge in [0.15, 0.2) is 0 Å². The molecule has 0 bridgehead atoms. The lowest BCUT2D eigenvalue weighted by molar-refractivity contribution is -0.113. The van der Waals surface area contributed by atoms with Crippen molar-refractivity contribution < 1.29 is 4.79 Å². The zero-order chi connectivity index (χ0) is 16.1. The van der Waals surface area contributed by atoms with E-state index in [4.69, 9.17) is 5.26 Å². The molecule has 0 unspecified atom stereocenters. The van der Waals surface area contributed by atoms with Gasteiger partial charge in [-0.25, -0.2) is 9.97 Å². The first-order chi connectivity index (χ1) is 10.5. The van der Waals surface area contributed by atoms with Gasteiger partial charge in [0.05, 0.1) is 11.4 Å². The first kappa shape index (κ1) is 16.5. The zero-order valence-electron chi connectivity index (χ0n) is 12.1. The Kier molecular flexibility index (Phi) is 5.52. The summed E-state index contributed by atoms with van der Waals surface area (Å²) in [6.07, 6.45) is 0. The van der Waals surface area contributed by atoms with Crippen molar-refractivity contribution in [1.82, 2.24) is 9.97 Å². The predicted molar refractivity (Wildman–Crippen MR) is 89.7 cm³/mol. The number of anilines is 1. The van der Waals surface area contributed by atoms with Crippen molar-refractivity contribution in [2.24, 2.45) is 0 Å². The van der Waals surface area contributed by atoms with Gasteiger partial charge in [-0.1, -0.05) is 27.7 Å². The van der Waals surface area contributed by atoms with E-state index in [-0.39, 0.29) is 11.7 Å². The Balaban J connectivity index is 2.02. The number of amides is 1. The van der Waals surface area contributed by atoms with Crippen molar-refractivity contribution in [3.63, 3.8) is 0 Å². The maximum absolute atomic E-state index is 12.0. The fourth-order valence-corrected chi connectivity index (χ4v) is 2.92. The fraction of sp³-hybridized carbons (Fsp3) is 0.200. The zero-order valence-corrected chi connectivity index (χ0v) is 14.5. The lowest BCUT2D eigenvalue weighted by Gasteiger charge is -2.07. The number of nitrogens with zero attached hydrogens (tertiary/aromatic N) is 3. The first-order valence-corrected chi connectivity index (χ1v) is 8.21. The summed E-state index contributed by atoms with van der Waals surface area (Å²) in [7, 11) is 0. The largest absolute Gasteiger partial charge is 0.325 e. The normalized spacial score (nSPS) is 10.1. The van der Waals surface area contributed by atoms with E-state index in [0.717, 1.165) is 10.2 Å². The van der Waals surface area contributed by atoms with Crippen LogP contribution in [0.25, 0.3) is 0 Å². The summed E-state index contributed by atoms with van der Waals surface area (Å²) in [5, 5.41) is 12.5. The molecule has 112 valence electrons. The topological polar surface area (TPSA) is 78.7 Å². The summed E-state index contributed by atoms with van der Waals surface area (Å²) in [5.41, 5.74) is 1.78. The lowest BCUT2D eigenvalue weighted by atomic mass is 10.3. The van der Waals surface area contributed by atoms with Crippen molar-refractivity contribution in [1.29, 1.82) is 5.26 Å². The van der Waals surface area contributed by atoms with Gasteiger partial charge in [-0.05, 0) is 38.1 Å². The number of hydrogen-bond donors (Lipinski definition) is 1. The molecule has 0 aliphatic carbocycles. The number of thioether (sulfide) groups is 1. The molecule has 1 amide bonds. The van der Waals surface area contributed by atoms with Crippen LogP contribution < -0.4 is 5.32 Å². The molecule has 2 rings (SSSR count). The van der Waals surface area contributed by atoms with Crippen molar-refractivity contribution in [3.8, 4) is 6.07 Å². The van der Waals surface area contributed by atoms with E-state index >= 15 is 0 Å². The van der Waals surface area contributed by atoms with Crippen LogP contribution in [0.3, 0.4) is 0 Å². The van der Waals surface area contributed by atoms with E-state index in [1.165, 1.54) is 11.8 Å². The van der Waals surface area contributed by atoms with Gasteiger partial charge in [0, 0.05) is 10.2 Å². The van der Waals surface area contributed by atoms with Crippen molar-refractivity contribution >= 4 is 39.3 Å². The second kappa shape index (κ2) is 7.38. The number of carbonyl (C=O) groups is 1. The number of hydrogen-bond acceptors (Lipinski definition) is 5. The maximum Gasteiger partial charge on any atom is 0.234 e. The molecule has 0 aliphatic rings. The third kappa shape index (κ3) is 4.29. The van der Waals surface area contributed by atoms with Crippen molar-refractivity contribution in [2.45, 2.75) is 18.9 Å². The average molecular weight is 377 g/mol. The molecule has 0 saturated heterocycles. The maximum atomic E-state index is 12.0. The quantitative estimate of drug-likeness (QED) is 0.652. The Morgan fingerprint density at radius 1 is 1.32 bits per heavy atom. The number of nitrogens with one attached hydrogen (secondary N) is 1. The highest BCUT2D eigenvalue weighted by Gasteiger charge is 2.12. The smallest absolute Gasteiger partial charge is 0.234 e. The van der Waals surface area contributed by atoms with Crippen LogP contribution >= 0.6 is 27.7 Å². The number of rotatable bonds is 4. The van der Waals surface area contributed by atoms with E-state index in [0.29, 0.717) is 22.1 Å². The second-order valence-corrected chi connectivity index (χ2v) is 6.37. The molecule has 1 heterocycles. The number of aryl methyl sites for hydroxylation is 2. The standard InChI is InChI=1S/C15H13BrN4OS/c1-9-13(7-17)15(19-10(2)18-9)22-8-14(21)20-12-5-3-11(16)4-6-12/h3-6H,8H2,1-2H3,(H,20,21). The molecule has 1 aromatic heterocycles. The first-order valence-electron chi connectivity index (χ1n) is 6.43. The van der Waals surface area contributed by atoms with Gasteiger partial charge < -0.3 is 5.32 Å². The van der Waals surface area contributed by atoms with Crippen LogP contribution in [0.5, 0.6) is 0 Å². The summed E-state index contributed by atoms with van der Waals surface area (Å²) in [6, 6.07) is 9.42. The molecular weight excluding hydrogens is 364 g/mol. The van der Waals surface area contributed by atoms with Crippen molar-refractivity contribution in [2.75, 3.05) is 11.1 Å². The SMILES string of the molecule is Cc1nc(C)c(C#N)c(SCC(=O)Nc2ccc(Br)cc2)n1. The summed E-state index contributed by atoms with van der Waals surface area (Å²) in [4.78, 5) is 20.4. The Hall–Kier alpha value is -1.91. The van der Waals surface area contributed by atoms with Crippen LogP contribution in [0.15, 0.2) is 33.8 Å². The summed E-state index contributed by atoms with van der Waals surface area (Å²) >= 11 is 4.58. The van der Waals surface area contributed by atoms with E-state index in [1.54, 1.807) is 13.8 Å². The average Bonchev–Trinajstić information content (AvgIpc) is 2.47. The van der Waals surface area contributed by atoms with Crippen LogP contribution in [-0.2, 0) is 4.79 Å². The number of carbonyl (C=O) groups excluding carboxylic acids is 1. The molecule has 0 fully saturated rings. The van der Waals surface area contributed by atoms with E-state index in [2.05, 4.69) is 37.3 Å². The second-order valence-electron chi connectivity index (χ2n) is 4.49. The molecule has 0 aliphatic heterocycles. The Bertz CT molecular complexity index is 740. The van der Waals surface area contributed by atoms with Crippen molar-refractivity contribution in [3.05, 3.63) is 45.8 Å².